The van der Waals surface area contributed by atoms with Crippen molar-refractivity contribution in [1.82, 2.24) is 14.9 Å². The van der Waals surface area contributed by atoms with E-state index in [1.165, 1.54) is 0 Å². The maximum Gasteiger partial charge on any atom is 0.278 e. The maximum absolute atomic E-state index is 12.8. The lowest BCUT2D eigenvalue weighted by Gasteiger charge is -2.34. The van der Waals surface area contributed by atoms with E-state index in [9.17, 15) is 4.79 Å². The van der Waals surface area contributed by atoms with Gasteiger partial charge in [0.05, 0.1) is 13.7 Å². The second kappa shape index (κ2) is 9.45. The van der Waals surface area contributed by atoms with Crippen LogP contribution in [0.2, 0.25) is 0 Å². The smallest absolute Gasteiger partial charge is 0.278 e. The van der Waals surface area contributed by atoms with Gasteiger partial charge >= 0.3 is 0 Å². The third kappa shape index (κ3) is 4.82. The first kappa shape index (κ1) is 18.5. The van der Waals surface area contributed by atoms with Crippen LogP contribution in [0.25, 0.3) is 0 Å². The predicted molar refractivity (Wildman–Crippen MR) is 92.1 cm³/mol. The molecule has 2 heterocycles. The van der Waals surface area contributed by atoms with Crippen molar-refractivity contribution < 1.29 is 14.3 Å². The Morgan fingerprint density at radius 3 is 2.54 bits per heavy atom. The Bertz CT molecular complexity index is 518. The highest BCUT2D eigenvalue weighted by Gasteiger charge is 2.29. The molecule has 6 heteroatoms. The fourth-order valence-electron chi connectivity index (χ4n) is 3.27. The fourth-order valence-corrected chi connectivity index (χ4v) is 3.27. The molecule has 2 rings (SSSR count). The third-order valence-corrected chi connectivity index (χ3v) is 4.42. The minimum atomic E-state index is -0.0581. The number of aromatic nitrogens is 2. The number of nitrogens with zero attached hydrogens (tertiary/aromatic N) is 3. The van der Waals surface area contributed by atoms with Gasteiger partial charge in [0.25, 0.3) is 11.8 Å². The first-order chi connectivity index (χ1) is 11.7. The highest BCUT2D eigenvalue weighted by Crippen LogP contribution is 2.25. The van der Waals surface area contributed by atoms with Gasteiger partial charge in [-0.2, -0.15) is 0 Å². The Kier molecular flexibility index (Phi) is 7.28. The van der Waals surface area contributed by atoms with E-state index in [4.69, 9.17) is 9.47 Å². The Morgan fingerprint density at radius 2 is 1.92 bits per heavy atom. The van der Waals surface area contributed by atoms with Gasteiger partial charge in [0.1, 0.15) is 6.10 Å². The van der Waals surface area contributed by atoms with Gasteiger partial charge in [-0.25, -0.2) is 9.97 Å². The van der Waals surface area contributed by atoms with E-state index in [-0.39, 0.29) is 17.9 Å². The number of methoxy groups -OCH3 is 1. The van der Waals surface area contributed by atoms with Crippen molar-refractivity contribution >= 4 is 5.91 Å². The van der Waals surface area contributed by atoms with Gasteiger partial charge in [-0.05, 0) is 25.7 Å². The summed E-state index contributed by atoms with van der Waals surface area (Å²) in [6, 6.07) is 0. The third-order valence-electron chi connectivity index (χ3n) is 4.42. The summed E-state index contributed by atoms with van der Waals surface area (Å²) in [5.41, 5.74) is 0. The van der Waals surface area contributed by atoms with Crippen LogP contribution in [-0.4, -0.2) is 47.1 Å². The molecule has 0 N–H and O–H groups in total. The average Bonchev–Trinajstić information content (AvgIpc) is 2.61. The molecule has 1 aromatic rings. The van der Waals surface area contributed by atoms with Crippen molar-refractivity contribution in [2.75, 3.05) is 20.2 Å². The molecule has 134 valence electrons. The minimum Gasteiger partial charge on any atom is -0.477 e. The number of ether oxygens (including phenoxy) is 2. The van der Waals surface area contributed by atoms with E-state index in [0.717, 1.165) is 45.1 Å². The SMILES string of the molecule is CCCC(CCC)C(=O)N1CCCC(Oc2nccnc2OC)C1. The van der Waals surface area contributed by atoms with Crippen LogP contribution in [0, 0.1) is 5.92 Å². The van der Waals surface area contributed by atoms with Crippen LogP contribution in [0.15, 0.2) is 12.4 Å². The quantitative estimate of drug-likeness (QED) is 0.730. The molecule has 6 nitrogen and oxygen atoms in total. The Hall–Kier alpha value is -1.85. The second-order valence-corrected chi connectivity index (χ2v) is 6.31. The fraction of sp³-hybridized carbons (Fsp3) is 0.722. The number of hydrogen-bond acceptors (Lipinski definition) is 5. The van der Waals surface area contributed by atoms with E-state index in [1.54, 1.807) is 19.5 Å². The molecule has 1 saturated heterocycles. The lowest BCUT2D eigenvalue weighted by atomic mass is 9.95. The molecule has 24 heavy (non-hydrogen) atoms. The van der Waals surface area contributed by atoms with Gasteiger partial charge in [0.15, 0.2) is 0 Å². The molecule has 1 aromatic heterocycles. The summed E-state index contributed by atoms with van der Waals surface area (Å²) in [4.78, 5) is 23.1. The van der Waals surface area contributed by atoms with Crippen LogP contribution in [-0.2, 0) is 4.79 Å². The molecule has 1 fully saturated rings. The standard InChI is InChI=1S/C18H29N3O3/c1-4-7-14(8-5-2)18(22)21-12-6-9-15(13-21)24-17-16(23-3)19-10-11-20-17/h10-11,14-15H,4-9,12-13H2,1-3H3. The molecular weight excluding hydrogens is 306 g/mol. The Labute approximate surface area is 144 Å². The van der Waals surface area contributed by atoms with Crippen molar-refractivity contribution in [2.45, 2.75) is 58.5 Å². The number of hydrogen-bond donors (Lipinski definition) is 0. The monoisotopic (exact) mass is 335 g/mol. The molecule has 0 aromatic carbocycles. The van der Waals surface area contributed by atoms with Crippen molar-refractivity contribution in [3.8, 4) is 11.8 Å². The van der Waals surface area contributed by atoms with Crippen molar-refractivity contribution in [3.05, 3.63) is 12.4 Å². The van der Waals surface area contributed by atoms with Gasteiger partial charge in [-0.1, -0.05) is 26.7 Å². The summed E-state index contributed by atoms with van der Waals surface area (Å²) in [5, 5.41) is 0. The minimum absolute atomic E-state index is 0.0581. The maximum atomic E-state index is 12.8. The summed E-state index contributed by atoms with van der Waals surface area (Å²) in [5.74, 6) is 1.21. The normalized spacial score (nSPS) is 17.8. The summed E-state index contributed by atoms with van der Waals surface area (Å²) >= 11 is 0. The van der Waals surface area contributed by atoms with E-state index >= 15 is 0 Å². The van der Waals surface area contributed by atoms with E-state index in [2.05, 4.69) is 23.8 Å². The van der Waals surface area contributed by atoms with Crippen LogP contribution in [0.5, 0.6) is 11.8 Å². The molecule has 1 aliphatic rings. The topological polar surface area (TPSA) is 64.6 Å². The molecule has 0 aliphatic carbocycles. The summed E-state index contributed by atoms with van der Waals surface area (Å²) in [6.07, 6.45) is 8.98. The van der Waals surface area contributed by atoms with Crippen LogP contribution in [0.1, 0.15) is 52.4 Å². The number of amides is 1. The van der Waals surface area contributed by atoms with Gasteiger partial charge < -0.3 is 14.4 Å². The van der Waals surface area contributed by atoms with Gasteiger partial charge in [0, 0.05) is 24.9 Å². The van der Waals surface area contributed by atoms with Crippen molar-refractivity contribution in [1.29, 1.82) is 0 Å². The highest BCUT2D eigenvalue weighted by molar-refractivity contribution is 5.79. The average molecular weight is 335 g/mol. The largest absolute Gasteiger partial charge is 0.477 e. The summed E-state index contributed by atoms with van der Waals surface area (Å²) < 4.78 is 11.1. The molecule has 1 aliphatic heterocycles. The van der Waals surface area contributed by atoms with Crippen LogP contribution < -0.4 is 9.47 Å². The lowest BCUT2D eigenvalue weighted by molar-refractivity contribution is -0.138. The van der Waals surface area contributed by atoms with Gasteiger partial charge in [0.2, 0.25) is 5.91 Å². The molecule has 0 radical (unpaired) electrons. The van der Waals surface area contributed by atoms with Gasteiger partial charge in [-0.15, -0.1) is 0 Å². The Balaban J connectivity index is 1.99. The zero-order valence-electron chi connectivity index (χ0n) is 15.0. The summed E-state index contributed by atoms with van der Waals surface area (Å²) in [6.45, 7) is 5.71. The predicted octanol–water partition coefficient (Wildman–Crippen LogP) is 3.07. The Morgan fingerprint density at radius 1 is 1.25 bits per heavy atom. The van der Waals surface area contributed by atoms with E-state index in [1.807, 2.05) is 4.90 Å². The molecule has 0 saturated carbocycles. The second-order valence-electron chi connectivity index (χ2n) is 6.31. The molecule has 1 unspecified atom stereocenters. The van der Waals surface area contributed by atoms with Crippen molar-refractivity contribution in [3.63, 3.8) is 0 Å². The van der Waals surface area contributed by atoms with E-state index < -0.39 is 0 Å². The number of carbonyl (C=O) groups excluding carboxylic acids is 1. The lowest BCUT2D eigenvalue weighted by Crippen LogP contribution is -2.46. The number of piperidine rings is 1. The zero-order chi connectivity index (χ0) is 17.4. The number of likely N-dealkylation sites (tertiary alicyclic amines) is 1. The molecule has 0 bridgehead atoms. The molecular formula is C18H29N3O3. The van der Waals surface area contributed by atoms with E-state index in [0.29, 0.717) is 18.3 Å². The highest BCUT2D eigenvalue weighted by atomic mass is 16.5. The molecule has 0 spiro atoms. The zero-order valence-corrected chi connectivity index (χ0v) is 15.0. The summed E-state index contributed by atoms with van der Waals surface area (Å²) in [7, 11) is 1.55. The number of rotatable bonds is 8. The molecule has 1 amide bonds. The van der Waals surface area contributed by atoms with Crippen molar-refractivity contribution in [2.24, 2.45) is 5.92 Å². The van der Waals surface area contributed by atoms with Crippen LogP contribution in [0.4, 0.5) is 0 Å². The first-order valence-electron chi connectivity index (χ1n) is 9.00. The molecule has 1 atom stereocenters. The van der Waals surface area contributed by atoms with Gasteiger partial charge in [-0.3, -0.25) is 4.79 Å². The van der Waals surface area contributed by atoms with Crippen LogP contribution >= 0.6 is 0 Å². The first-order valence-corrected chi connectivity index (χ1v) is 9.00. The number of carbonyl (C=O) groups is 1. The van der Waals surface area contributed by atoms with Crippen LogP contribution in [0.3, 0.4) is 0 Å².